The second-order valence-electron chi connectivity index (χ2n) is 4.30. The Labute approximate surface area is 126 Å². The third kappa shape index (κ3) is 2.17. The minimum Gasteiger partial charge on any atom is -0.491 e. The molecule has 2 aromatic carbocycles. The molecule has 3 nitrogen and oxygen atoms in total. The quantitative estimate of drug-likeness (QED) is 0.687. The number of nitrogens with zero attached hydrogens (tertiary/aromatic N) is 2. The van der Waals surface area contributed by atoms with Crippen molar-refractivity contribution in [3.63, 3.8) is 0 Å². The van der Waals surface area contributed by atoms with Crippen LogP contribution >= 0.6 is 15.9 Å². The monoisotopic (exact) mass is 356 g/mol. The van der Waals surface area contributed by atoms with Crippen molar-refractivity contribution in [2.24, 2.45) is 0 Å². The van der Waals surface area contributed by atoms with Gasteiger partial charge >= 0.3 is 0 Å². The fourth-order valence-corrected chi connectivity index (χ4v) is 2.35. The summed E-state index contributed by atoms with van der Waals surface area (Å²) >= 11 is 3.04. The van der Waals surface area contributed by atoms with Gasteiger partial charge in [0.1, 0.15) is 11.3 Å². The first-order chi connectivity index (χ1) is 10.0. The minimum atomic E-state index is -0.881. The third-order valence-electron chi connectivity index (χ3n) is 3.06. The molecule has 0 amide bonds. The molecule has 3 aromatic rings. The predicted octanol–water partition coefficient (Wildman–Crippen LogP) is 4.21. The Hall–Kier alpha value is -2.02. The Morgan fingerprint density at radius 3 is 2.57 bits per heavy atom. The van der Waals surface area contributed by atoms with Crippen molar-refractivity contribution in [3.05, 3.63) is 52.4 Å². The van der Waals surface area contributed by atoms with Gasteiger partial charge in [0.05, 0.1) is 23.5 Å². The van der Waals surface area contributed by atoms with Crippen molar-refractivity contribution in [2.75, 3.05) is 7.11 Å². The number of ether oxygens (including phenoxy) is 1. The van der Waals surface area contributed by atoms with Crippen molar-refractivity contribution in [2.45, 2.75) is 0 Å². The summed E-state index contributed by atoms with van der Waals surface area (Å²) in [5.41, 5.74) is 0.341. The van der Waals surface area contributed by atoms with E-state index in [1.165, 1.54) is 30.1 Å². The maximum Gasteiger partial charge on any atom is 0.194 e. The highest BCUT2D eigenvalue weighted by Crippen LogP contribution is 2.31. The van der Waals surface area contributed by atoms with E-state index in [1.807, 2.05) is 0 Å². The molecular weight excluding hydrogens is 349 g/mol. The fraction of sp³-hybridized carbons (Fsp3) is 0.0714. The topological polar surface area (TPSA) is 27.1 Å². The highest BCUT2D eigenvalue weighted by atomic mass is 79.9. The molecule has 0 aliphatic rings. The normalized spacial score (nSPS) is 11.1. The van der Waals surface area contributed by atoms with Gasteiger partial charge in [-0.1, -0.05) is 0 Å². The molecule has 0 unspecified atom stereocenters. The minimum absolute atomic E-state index is 0.0231. The molecule has 3 rings (SSSR count). The number of hydrogen-bond acceptors (Lipinski definition) is 2. The van der Waals surface area contributed by atoms with Gasteiger partial charge < -0.3 is 4.74 Å². The van der Waals surface area contributed by atoms with Crippen molar-refractivity contribution >= 4 is 26.8 Å². The van der Waals surface area contributed by atoms with Crippen LogP contribution in [0.2, 0.25) is 0 Å². The lowest BCUT2D eigenvalue weighted by Crippen LogP contribution is -2.01. The number of aromatic nitrogens is 2. The fourth-order valence-electron chi connectivity index (χ4n) is 2.10. The largest absolute Gasteiger partial charge is 0.491 e. The lowest BCUT2D eigenvalue weighted by Gasteiger charge is -2.08. The number of benzene rings is 2. The maximum atomic E-state index is 14.4. The van der Waals surface area contributed by atoms with Crippen LogP contribution in [0.4, 0.5) is 13.2 Å². The Kier molecular flexibility index (Phi) is 3.36. The molecule has 0 bridgehead atoms. The molecule has 0 atom stereocenters. The molecule has 0 saturated heterocycles. The summed E-state index contributed by atoms with van der Waals surface area (Å²) in [6.45, 7) is 0. The summed E-state index contributed by atoms with van der Waals surface area (Å²) in [7, 11) is 1.17. The summed E-state index contributed by atoms with van der Waals surface area (Å²) in [6, 6.07) is 5.37. The summed E-state index contributed by atoms with van der Waals surface area (Å²) < 4.78 is 47.8. The van der Waals surface area contributed by atoms with E-state index in [0.717, 1.165) is 6.07 Å². The van der Waals surface area contributed by atoms with Crippen molar-refractivity contribution < 1.29 is 17.9 Å². The summed E-state index contributed by atoms with van der Waals surface area (Å²) in [4.78, 5) is 0. The lowest BCUT2D eigenvalue weighted by atomic mass is 10.2. The number of hydrogen-bond donors (Lipinski definition) is 0. The molecule has 7 heteroatoms. The first kappa shape index (κ1) is 13.9. The second kappa shape index (κ2) is 5.07. The van der Waals surface area contributed by atoms with Crippen molar-refractivity contribution in [1.29, 1.82) is 0 Å². The molecule has 1 aromatic heterocycles. The summed E-state index contributed by atoms with van der Waals surface area (Å²) in [6.07, 6.45) is 1.31. The Morgan fingerprint density at radius 1 is 1.14 bits per heavy atom. The Balaban J connectivity index is 2.31. The van der Waals surface area contributed by atoms with E-state index >= 15 is 0 Å². The molecule has 0 spiro atoms. The van der Waals surface area contributed by atoms with Crippen LogP contribution in [0.25, 0.3) is 16.6 Å². The summed E-state index contributed by atoms with van der Waals surface area (Å²) in [5.74, 6) is -2.70. The zero-order chi connectivity index (χ0) is 15.1. The lowest BCUT2D eigenvalue weighted by molar-refractivity contribution is 0.362. The SMILES string of the molecule is COc1c(F)cc2cnn(-c3ccc(Br)c(F)c3)c2c1F. The molecule has 0 radical (unpaired) electrons. The van der Waals surface area contributed by atoms with Crippen LogP contribution in [0, 0.1) is 17.5 Å². The van der Waals surface area contributed by atoms with E-state index in [1.54, 1.807) is 6.07 Å². The molecule has 0 aliphatic carbocycles. The van der Waals surface area contributed by atoms with Gasteiger partial charge in [0.15, 0.2) is 17.4 Å². The van der Waals surface area contributed by atoms with E-state index in [2.05, 4.69) is 21.0 Å². The summed E-state index contributed by atoms with van der Waals surface area (Å²) in [5, 5.41) is 4.24. The van der Waals surface area contributed by atoms with Crippen molar-refractivity contribution in [3.8, 4) is 11.4 Å². The van der Waals surface area contributed by atoms with Crippen LogP contribution in [-0.4, -0.2) is 16.9 Å². The zero-order valence-electron chi connectivity index (χ0n) is 10.7. The van der Waals surface area contributed by atoms with E-state index < -0.39 is 23.2 Å². The van der Waals surface area contributed by atoms with E-state index in [9.17, 15) is 13.2 Å². The molecule has 108 valence electrons. The van der Waals surface area contributed by atoms with Crippen LogP contribution in [0.5, 0.6) is 5.75 Å². The van der Waals surface area contributed by atoms with Crippen LogP contribution in [0.1, 0.15) is 0 Å². The Morgan fingerprint density at radius 2 is 1.90 bits per heavy atom. The average molecular weight is 357 g/mol. The standard InChI is InChI=1S/C14H8BrF3N2O/c1-21-14-11(17)4-7-6-19-20(13(7)12(14)18)8-2-3-9(15)10(16)5-8/h2-6H,1H3. The molecule has 21 heavy (non-hydrogen) atoms. The first-order valence-corrected chi connectivity index (χ1v) is 6.67. The molecular formula is C14H8BrF3N2O. The van der Waals surface area contributed by atoms with Gasteiger partial charge in [0.25, 0.3) is 0 Å². The average Bonchev–Trinajstić information content (AvgIpc) is 2.86. The zero-order valence-corrected chi connectivity index (χ0v) is 12.3. The Bertz CT molecular complexity index is 848. The van der Waals surface area contributed by atoms with Gasteiger partial charge in [0.2, 0.25) is 0 Å². The van der Waals surface area contributed by atoms with Crippen LogP contribution in [-0.2, 0) is 0 Å². The number of methoxy groups -OCH3 is 1. The van der Waals surface area contributed by atoms with E-state index in [-0.39, 0.29) is 15.4 Å². The molecule has 0 saturated carbocycles. The molecule has 0 fully saturated rings. The number of rotatable bonds is 2. The first-order valence-electron chi connectivity index (χ1n) is 5.88. The van der Waals surface area contributed by atoms with Gasteiger partial charge in [-0.05, 0) is 34.1 Å². The van der Waals surface area contributed by atoms with Crippen LogP contribution < -0.4 is 4.74 Å². The van der Waals surface area contributed by atoms with Gasteiger partial charge in [-0.3, -0.25) is 0 Å². The van der Waals surface area contributed by atoms with Gasteiger partial charge in [-0.25, -0.2) is 17.9 Å². The van der Waals surface area contributed by atoms with Crippen LogP contribution in [0.3, 0.4) is 0 Å². The second-order valence-corrected chi connectivity index (χ2v) is 5.15. The molecule has 1 heterocycles. The van der Waals surface area contributed by atoms with Gasteiger partial charge in [-0.15, -0.1) is 0 Å². The van der Waals surface area contributed by atoms with Crippen LogP contribution in [0.15, 0.2) is 34.9 Å². The van der Waals surface area contributed by atoms with Gasteiger partial charge in [0, 0.05) is 11.5 Å². The van der Waals surface area contributed by atoms with Crippen molar-refractivity contribution in [1.82, 2.24) is 9.78 Å². The number of fused-ring (bicyclic) bond motifs is 1. The predicted molar refractivity (Wildman–Crippen MR) is 75.2 cm³/mol. The van der Waals surface area contributed by atoms with Gasteiger partial charge in [-0.2, -0.15) is 5.10 Å². The number of halogens is 4. The highest BCUT2D eigenvalue weighted by Gasteiger charge is 2.19. The third-order valence-corrected chi connectivity index (χ3v) is 3.70. The highest BCUT2D eigenvalue weighted by molar-refractivity contribution is 9.10. The molecule has 0 N–H and O–H groups in total. The van der Waals surface area contributed by atoms with E-state index in [4.69, 9.17) is 4.74 Å². The molecule has 0 aliphatic heterocycles. The maximum absolute atomic E-state index is 14.4. The smallest absolute Gasteiger partial charge is 0.194 e. The van der Waals surface area contributed by atoms with E-state index in [0.29, 0.717) is 5.69 Å².